The molecule has 120 valence electrons. The second-order valence-corrected chi connectivity index (χ2v) is 5.80. The Morgan fingerprint density at radius 3 is 2.50 bits per heavy atom. The van der Waals surface area contributed by atoms with Crippen molar-refractivity contribution in [2.45, 2.75) is 31.5 Å². The number of amides is 1. The summed E-state index contributed by atoms with van der Waals surface area (Å²) in [6, 6.07) is 2.52. The Hall–Kier alpha value is -1.76. The molecule has 1 heterocycles. The Balaban J connectivity index is 2.42. The highest BCUT2D eigenvalue weighted by Crippen LogP contribution is 2.34. The maximum atomic E-state index is 12.8. The molecule has 0 bridgehead atoms. The van der Waals surface area contributed by atoms with E-state index < -0.39 is 29.2 Å². The zero-order valence-corrected chi connectivity index (χ0v) is 12.3. The van der Waals surface area contributed by atoms with Crippen molar-refractivity contribution < 1.29 is 27.9 Å². The number of halogens is 4. The van der Waals surface area contributed by atoms with Crippen LogP contribution in [-0.4, -0.2) is 34.0 Å². The number of hydrogen-bond donors (Lipinski definition) is 1. The van der Waals surface area contributed by atoms with Gasteiger partial charge in [0, 0.05) is 17.1 Å². The number of nitrogens with zero attached hydrogens (tertiary/aromatic N) is 1. The van der Waals surface area contributed by atoms with Crippen LogP contribution in [0.2, 0.25) is 5.02 Å². The molecule has 0 aliphatic carbocycles. The fourth-order valence-corrected chi connectivity index (χ4v) is 2.78. The minimum Gasteiger partial charge on any atom is -0.480 e. The quantitative estimate of drug-likeness (QED) is 0.900. The maximum absolute atomic E-state index is 12.8. The number of benzene rings is 1. The number of rotatable bonds is 2. The third kappa shape index (κ3) is 2.90. The zero-order valence-electron chi connectivity index (χ0n) is 11.6. The second-order valence-electron chi connectivity index (χ2n) is 5.37. The molecular weight excluding hydrogens is 323 g/mol. The lowest BCUT2D eigenvalue weighted by Crippen LogP contribution is -2.50. The van der Waals surface area contributed by atoms with Crippen LogP contribution in [0.15, 0.2) is 18.2 Å². The van der Waals surface area contributed by atoms with Gasteiger partial charge >= 0.3 is 12.1 Å². The summed E-state index contributed by atoms with van der Waals surface area (Å²) < 4.78 is 38.4. The Morgan fingerprint density at radius 2 is 1.95 bits per heavy atom. The van der Waals surface area contributed by atoms with Gasteiger partial charge in [-0.2, -0.15) is 13.2 Å². The standard InChI is InChI=1S/C14H13ClF3NO3/c1-13(12(21)22)3-2-4-19(13)11(20)8-5-9(14(16,17)18)7-10(15)6-8/h5-7H,2-4H2,1H3,(H,21,22). The molecule has 1 aromatic rings. The van der Waals surface area contributed by atoms with E-state index in [1.54, 1.807) is 0 Å². The summed E-state index contributed by atoms with van der Waals surface area (Å²) in [5.74, 6) is -1.95. The van der Waals surface area contributed by atoms with E-state index in [-0.39, 0.29) is 23.6 Å². The van der Waals surface area contributed by atoms with Crippen molar-refractivity contribution in [1.82, 2.24) is 4.90 Å². The smallest absolute Gasteiger partial charge is 0.416 e. The molecule has 1 atom stereocenters. The van der Waals surface area contributed by atoms with Gasteiger partial charge in [-0.3, -0.25) is 4.79 Å². The van der Waals surface area contributed by atoms with Crippen molar-refractivity contribution in [3.8, 4) is 0 Å². The molecule has 22 heavy (non-hydrogen) atoms. The van der Waals surface area contributed by atoms with E-state index in [0.29, 0.717) is 12.5 Å². The van der Waals surface area contributed by atoms with Gasteiger partial charge in [0.2, 0.25) is 0 Å². The minimum atomic E-state index is -4.64. The first-order valence-electron chi connectivity index (χ1n) is 6.49. The molecular formula is C14H13ClF3NO3. The van der Waals surface area contributed by atoms with E-state index in [9.17, 15) is 27.9 Å². The van der Waals surface area contributed by atoms with Gasteiger partial charge in [-0.15, -0.1) is 0 Å². The third-order valence-corrected chi connectivity index (χ3v) is 4.04. The van der Waals surface area contributed by atoms with Crippen LogP contribution in [-0.2, 0) is 11.0 Å². The lowest BCUT2D eigenvalue weighted by molar-refractivity contribution is -0.147. The molecule has 1 aliphatic rings. The van der Waals surface area contributed by atoms with Crippen molar-refractivity contribution in [3.05, 3.63) is 34.3 Å². The largest absolute Gasteiger partial charge is 0.480 e. The Kier molecular flexibility index (Phi) is 4.12. The molecule has 1 aromatic carbocycles. The van der Waals surface area contributed by atoms with E-state index in [2.05, 4.69) is 0 Å². The number of aliphatic carboxylic acids is 1. The minimum absolute atomic E-state index is 0.176. The van der Waals surface area contributed by atoms with Crippen molar-refractivity contribution in [1.29, 1.82) is 0 Å². The fraction of sp³-hybridized carbons (Fsp3) is 0.429. The van der Waals surface area contributed by atoms with Crippen molar-refractivity contribution in [2.24, 2.45) is 0 Å². The van der Waals surface area contributed by atoms with Gasteiger partial charge < -0.3 is 10.0 Å². The topological polar surface area (TPSA) is 57.6 Å². The van der Waals surface area contributed by atoms with Crippen molar-refractivity contribution >= 4 is 23.5 Å². The van der Waals surface area contributed by atoms with E-state index >= 15 is 0 Å². The number of hydrogen-bond acceptors (Lipinski definition) is 2. The number of alkyl halides is 3. The van der Waals surface area contributed by atoms with Gasteiger partial charge in [0.05, 0.1) is 5.56 Å². The van der Waals surface area contributed by atoms with Gasteiger partial charge in [-0.05, 0) is 38.0 Å². The Bertz CT molecular complexity index is 632. The number of carbonyl (C=O) groups is 2. The molecule has 4 nitrogen and oxygen atoms in total. The molecule has 8 heteroatoms. The monoisotopic (exact) mass is 335 g/mol. The van der Waals surface area contributed by atoms with E-state index in [4.69, 9.17) is 11.6 Å². The predicted octanol–water partition coefficient (Wildman–Crippen LogP) is 3.44. The first kappa shape index (κ1) is 16.6. The molecule has 0 radical (unpaired) electrons. The SMILES string of the molecule is CC1(C(=O)O)CCCN1C(=O)c1cc(Cl)cc(C(F)(F)F)c1. The van der Waals surface area contributed by atoms with Crippen LogP contribution < -0.4 is 0 Å². The lowest BCUT2D eigenvalue weighted by atomic mass is 9.98. The summed E-state index contributed by atoms with van der Waals surface area (Å²) in [6.45, 7) is 1.56. The summed E-state index contributed by atoms with van der Waals surface area (Å²) in [4.78, 5) is 24.9. The molecule has 0 spiro atoms. The van der Waals surface area contributed by atoms with Crippen molar-refractivity contribution in [2.75, 3.05) is 6.54 Å². The highest BCUT2D eigenvalue weighted by Gasteiger charge is 2.46. The lowest BCUT2D eigenvalue weighted by Gasteiger charge is -2.31. The zero-order chi connectivity index (χ0) is 16.7. The summed E-state index contributed by atoms with van der Waals surface area (Å²) in [7, 11) is 0. The molecule has 1 unspecified atom stereocenters. The van der Waals surface area contributed by atoms with Gasteiger partial charge in [0.15, 0.2) is 0 Å². The summed E-state index contributed by atoms with van der Waals surface area (Å²) >= 11 is 5.65. The molecule has 0 saturated carbocycles. The highest BCUT2D eigenvalue weighted by atomic mass is 35.5. The Labute approximate surface area is 129 Å². The van der Waals surface area contributed by atoms with Crippen LogP contribution >= 0.6 is 11.6 Å². The van der Waals surface area contributed by atoms with Gasteiger partial charge in [0.25, 0.3) is 5.91 Å². The van der Waals surface area contributed by atoms with Crippen molar-refractivity contribution in [3.63, 3.8) is 0 Å². The van der Waals surface area contributed by atoms with Crippen LogP contribution in [0.25, 0.3) is 0 Å². The maximum Gasteiger partial charge on any atom is 0.416 e. The normalized spacial score (nSPS) is 22.0. The van der Waals surface area contributed by atoms with Crippen LogP contribution in [0.3, 0.4) is 0 Å². The molecule has 1 aliphatic heterocycles. The molecule has 1 fully saturated rings. The van der Waals surface area contributed by atoms with Gasteiger partial charge in [0.1, 0.15) is 5.54 Å². The summed E-state index contributed by atoms with van der Waals surface area (Å²) in [5, 5.41) is 9.05. The number of carbonyl (C=O) groups excluding carboxylic acids is 1. The summed E-state index contributed by atoms with van der Waals surface area (Å²) in [6.07, 6.45) is -3.91. The van der Waals surface area contributed by atoms with Crippen LogP contribution in [0.1, 0.15) is 35.7 Å². The molecule has 1 amide bonds. The van der Waals surface area contributed by atoms with Crippen LogP contribution in [0.4, 0.5) is 13.2 Å². The van der Waals surface area contributed by atoms with E-state index in [0.717, 1.165) is 17.0 Å². The number of likely N-dealkylation sites (tertiary alicyclic amines) is 1. The first-order chi connectivity index (χ1) is 10.1. The number of carboxylic acid groups (broad SMARTS) is 1. The van der Waals surface area contributed by atoms with Crippen LogP contribution in [0.5, 0.6) is 0 Å². The first-order valence-corrected chi connectivity index (χ1v) is 6.86. The van der Waals surface area contributed by atoms with E-state index in [1.807, 2.05) is 0 Å². The third-order valence-electron chi connectivity index (χ3n) is 3.82. The average Bonchev–Trinajstić information content (AvgIpc) is 2.79. The highest BCUT2D eigenvalue weighted by molar-refractivity contribution is 6.31. The van der Waals surface area contributed by atoms with E-state index in [1.165, 1.54) is 6.92 Å². The predicted molar refractivity (Wildman–Crippen MR) is 72.8 cm³/mol. The molecule has 2 rings (SSSR count). The van der Waals surface area contributed by atoms with Gasteiger partial charge in [-0.1, -0.05) is 11.6 Å². The second kappa shape index (κ2) is 5.46. The molecule has 1 saturated heterocycles. The van der Waals surface area contributed by atoms with Crippen LogP contribution in [0, 0.1) is 0 Å². The molecule has 0 aromatic heterocycles. The Morgan fingerprint density at radius 1 is 1.32 bits per heavy atom. The van der Waals surface area contributed by atoms with Gasteiger partial charge in [-0.25, -0.2) is 4.79 Å². The fourth-order valence-electron chi connectivity index (χ4n) is 2.54. The number of carboxylic acids is 1. The average molecular weight is 336 g/mol. The molecule has 1 N–H and O–H groups in total. The summed E-state index contributed by atoms with van der Waals surface area (Å²) in [5.41, 5.74) is -2.73.